The number of aryl methyl sites for hydroxylation is 1. The minimum absolute atomic E-state index is 0.0257. The van der Waals surface area contributed by atoms with Crippen LogP contribution < -0.4 is 5.32 Å². The average molecular weight is 490 g/mol. The molecule has 0 saturated carbocycles. The Balaban J connectivity index is 1.43. The van der Waals surface area contributed by atoms with Gasteiger partial charge in [0.05, 0.1) is 31.0 Å². The van der Waals surface area contributed by atoms with E-state index >= 15 is 0 Å². The smallest absolute Gasteiger partial charge is 0.170 e. The second kappa shape index (κ2) is 10.9. The van der Waals surface area contributed by atoms with Gasteiger partial charge in [-0.25, -0.2) is 0 Å². The summed E-state index contributed by atoms with van der Waals surface area (Å²) in [6.07, 6.45) is 2.94. The highest BCUT2D eigenvalue weighted by Gasteiger charge is 2.41. The summed E-state index contributed by atoms with van der Waals surface area (Å²) in [4.78, 5) is 9.59. The molecule has 3 aromatic rings. The molecule has 2 fully saturated rings. The highest BCUT2D eigenvalue weighted by atomic mass is 32.1. The first-order valence-corrected chi connectivity index (χ1v) is 13.0. The highest BCUT2D eigenvalue weighted by Crippen LogP contribution is 2.41. The quantitative estimate of drug-likeness (QED) is 0.478. The van der Waals surface area contributed by atoms with Gasteiger partial charge in [0.15, 0.2) is 5.11 Å². The van der Waals surface area contributed by atoms with Gasteiger partial charge in [0.25, 0.3) is 0 Å². The van der Waals surface area contributed by atoms with Gasteiger partial charge in [-0.3, -0.25) is 9.88 Å². The molecule has 2 saturated heterocycles. The first-order chi connectivity index (χ1) is 17.1. The molecular formula is C28H35N5OS. The summed E-state index contributed by atoms with van der Waals surface area (Å²) < 4.78 is 7.94. The molecule has 1 N–H and O–H groups in total. The van der Waals surface area contributed by atoms with E-state index in [0.717, 1.165) is 63.2 Å². The van der Waals surface area contributed by atoms with Gasteiger partial charge in [-0.2, -0.15) is 0 Å². The van der Waals surface area contributed by atoms with Gasteiger partial charge in [0.2, 0.25) is 0 Å². The fourth-order valence-electron chi connectivity index (χ4n) is 5.41. The third-order valence-corrected chi connectivity index (χ3v) is 7.64. The molecule has 2 aliphatic heterocycles. The number of ether oxygens (including phenoxy) is 1. The summed E-state index contributed by atoms with van der Waals surface area (Å²) in [7, 11) is 0. The van der Waals surface area contributed by atoms with Crippen LogP contribution in [0.2, 0.25) is 0 Å². The number of pyridine rings is 1. The molecule has 0 aliphatic carbocycles. The summed E-state index contributed by atoms with van der Waals surface area (Å²) in [5.74, 6) is 0. The van der Waals surface area contributed by atoms with E-state index in [-0.39, 0.29) is 12.1 Å². The first-order valence-electron chi connectivity index (χ1n) is 12.6. The molecule has 0 unspecified atom stereocenters. The molecule has 2 aromatic heterocycles. The number of hydrogen-bond donors (Lipinski definition) is 1. The van der Waals surface area contributed by atoms with Crippen molar-refractivity contribution in [1.82, 2.24) is 24.7 Å². The Morgan fingerprint density at radius 2 is 1.80 bits per heavy atom. The van der Waals surface area contributed by atoms with Crippen LogP contribution in [0, 0.1) is 13.8 Å². The zero-order chi connectivity index (χ0) is 24.2. The van der Waals surface area contributed by atoms with Crippen molar-refractivity contribution in [3.8, 4) is 0 Å². The van der Waals surface area contributed by atoms with Crippen LogP contribution in [0.4, 0.5) is 0 Å². The lowest BCUT2D eigenvalue weighted by atomic mass is 9.96. The average Bonchev–Trinajstić information content (AvgIpc) is 3.36. The molecule has 0 bridgehead atoms. The Morgan fingerprint density at radius 3 is 2.54 bits per heavy atom. The number of aromatic nitrogens is 2. The fraction of sp³-hybridized carbons (Fsp3) is 0.429. The molecule has 0 radical (unpaired) electrons. The van der Waals surface area contributed by atoms with E-state index in [2.05, 4.69) is 82.1 Å². The molecule has 5 rings (SSSR count). The Labute approximate surface area is 213 Å². The van der Waals surface area contributed by atoms with Crippen molar-refractivity contribution in [3.63, 3.8) is 0 Å². The number of rotatable bonds is 8. The predicted octanol–water partition coefficient (Wildman–Crippen LogP) is 4.24. The zero-order valence-electron chi connectivity index (χ0n) is 20.7. The summed E-state index contributed by atoms with van der Waals surface area (Å²) in [6.45, 7) is 11.0. The van der Waals surface area contributed by atoms with Crippen molar-refractivity contribution in [2.75, 3.05) is 39.4 Å². The lowest BCUT2D eigenvalue weighted by Crippen LogP contribution is -2.39. The van der Waals surface area contributed by atoms with Crippen LogP contribution in [-0.2, 0) is 11.3 Å². The third-order valence-electron chi connectivity index (χ3n) is 7.29. The maximum absolute atomic E-state index is 5.90. The number of morpholine rings is 1. The summed E-state index contributed by atoms with van der Waals surface area (Å²) in [5.41, 5.74) is 6.23. The summed E-state index contributed by atoms with van der Waals surface area (Å²) in [5, 5.41) is 4.43. The van der Waals surface area contributed by atoms with E-state index in [9.17, 15) is 0 Å². The van der Waals surface area contributed by atoms with Gasteiger partial charge in [-0.1, -0.05) is 36.4 Å². The fourth-order valence-corrected chi connectivity index (χ4v) is 5.74. The van der Waals surface area contributed by atoms with Gasteiger partial charge in [0, 0.05) is 50.3 Å². The van der Waals surface area contributed by atoms with Crippen LogP contribution in [0.3, 0.4) is 0 Å². The number of nitrogens with zero attached hydrogens (tertiary/aromatic N) is 4. The molecule has 0 spiro atoms. The van der Waals surface area contributed by atoms with E-state index in [1.54, 1.807) is 0 Å². The van der Waals surface area contributed by atoms with E-state index in [4.69, 9.17) is 21.9 Å². The van der Waals surface area contributed by atoms with E-state index in [1.165, 1.54) is 22.5 Å². The molecule has 184 valence electrons. The maximum Gasteiger partial charge on any atom is 0.170 e. The van der Waals surface area contributed by atoms with Gasteiger partial charge in [0.1, 0.15) is 0 Å². The van der Waals surface area contributed by atoms with E-state index in [0.29, 0.717) is 0 Å². The molecule has 2 aliphatic rings. The standard InChI is InChI=1S/C28H35N5OS/c1-21-19-24(22(2)33(21)20-23-9-4-3-5-10-23)27-26(25-11-6-7-12-29-25)30-28(35)32(27)14-8-13-31-15-17-34-18-16-31/h3-7,9-12,19,26-27H,8,13-18,20H2,1-2H3,(H,30,35)/t26-,27+/m0/s1. The van der Waals surface area contributed by atoms with Crippen molar-refractivity contribution in [1.29, 1.82) is 0 Å². The van der Waals surface area contributed by atoms with E-state index in [1.807, 2.05) is 12.3 Å². The molecule has 35 heavy (non-hydrogen) atoms. The monoisotopic (exact) mass is 489 g/mol. The van der Waals surface area contributed by atoms with Crippen LogP contribution >= 0.6 is 12.2 Å². The number of benzene rings is 1. The molecule has 2 atom stereocenters. The second-order valence-corrected chi connectivity index (χ2v) is 9.91. The molecule has 7 heteroatoms. The highest BCUT2D eigenvalue weighted by molar-refractivity contribution is 7.80. The van der Waals surface area contributed by atoms with Crippen LogP contribution in [0.25, 0.3) is 0 Å². The predicted molar refractivity (Wildman–Crippen MR) is 143 cm³/mol. The second-order valence-electron chi connectivity index (χ2n) is 9.53. The molecular weight excluding hydrogens is 454 g/mol. The van der Waals surface area contributed by atoms with Crippen molar-refractivity contribution in [3.05, 3.63) is 89.0 Å². The van der Waals surface area contributed by atoms with Crippen molar-refractivity contribution in [2.45, 2.75) is 38.9 Å². The molecule has 1 aromatic carbocycles. The Morgan fingerprint density at radius 1 is 1.03 bits per heavy atom. The summed E-state index contributed by atoms with van der Waals surface area (Å²) in [6, 6.07) is 19.3. The van der Waals surface area contributed by atoms with Crippen molar-refractivity contribution >= 4 is 17.3 Å². The number of nitrogens with one attached hydrogen (secondary N) is 1. The molecule has 0 amide bonds. The zero-order valence-corrected chi connectivity index (χ0v) is 21.5. The molecule has 6 nitrogen and oxygen atoms in total. The maximum atomic E-state index is 5.90. The van der Waals surface area contributed by atoms with Crippen LogP contribution in [0.15, 0.2) is 60.8 Å². The van der Waals surface area contributed by atoms with Crippen molar-refractivity contribution < 1.29 is 4.74 Å². The van der Waals surface area contributed by atoms with Gasteiger partial charge in [-0.15, -0.1) is 0 Å². The SMILES string of the molecule is Cc1cc([C@@H]2[C@H](c3ccccn3)NC(=S)N2CCCN2CCOCC2)c(C)n1Cc1ccccc1. The number of hydrogen-bond acceptors (Lipinski definition) is 4. The normalized spacial score (nSPS) is 20.9. The summed E-state index contributed by atoms with van der Waals surface area (Å²) >= 11 is 5.90. The molecule has 4 heterocycles. The third kappa shape index (κ3) is 5.27. The van der Waals surface area contributed by atoms with Gasteiger partial charge in [-0.05, 0) is 61.8 Å². The van der Waals surface area contributed by atoms with Crippen LogP contribution in [0.5, 0.6) is 0 Å². The topological polar surface area (TPSA) is 45.6 Å². The van der Waals surface area contributed by atoms with Gasteiger partial charge < -0.3 is 19.5 Å². The lowest BCUT2D eigenvalue weighted by Gasteiger charge is -2.30. The lowest BCUT2D eigenvalue weighted by molar-refractivity contribution is 0.0365. The largest absolute Gasteiger partial charge is 0.379 e. The Hall–Kier alpha value is -2.74. The Kier molecular flexibility index (Phi) is 7.46. The minimum atomic E-state index is 0.0257. The first kappa shape index (κ1) is 24.0. The van der Waals surface area contributed by atoms with Crippen molar-refractivity contribution in [2.24, 2.45) is 0 Å². The van der Waals surface area contributed by atoms with Crippen LogP contribution in [0.1, 0.15) is 46.7 Å². The van der Waals surface area contributed by atoms with Crippen LogP contribution in [-0.4, -0.2) is 63.9 Å². The Bertz CT molecular complexity index is 1130. The minimum Gasteiger partial charge on any atom is -0.379 e. The van der Waals surface area contributed by atoms with E-state index < -0.39 is 0 Å². The van der Waals surface area contributed by atoms with Gasteiger partial charge >= 0.3 is 0 Å². The number of thiocarbonyl (C=S) groups is 1.